The van der Waals surface area contributed by atoms with E-state index in [1.807, 2.05) is 0 Å². The molecular formula is C35H42N4Na4O16P6S. The second-order valence-electron chi connectivity index (χ2n) is 13.4. The van der Waals surface area contributed by atoms with Crippen LogP contribution in [0.15, 0.2) is 102 Å². The predicted octanol–water partition coefficient (Wildman–Crippen LogP) is -8.48. The van der Waals surface area contributed by atoms with Crippen molar-refractivity contribution in [3.8, 4) is 28.7 Å². The first kappa shape index (κ1) is 66.9. The molecule has 4 unspecified atom stereocenters. The van der Waals surface area contributed by atoms with Crippen LogP contribution in [0.4, 0.5) is 0 Å². The summed E-state index contributed by atoms with van der Waals surface area (Å²) in [5.41, 5.74) is 1.88. The molecule has 0 saturated heterocycles. The minimum atomic E-state index is -4.89. The zero-order chi connectivity index (χ0) is 45.8. The van der Waals surface area contributed by atoms with Crippen LogP contribution in [-0.2, 0) is 42.9 Å². The molecule has 66 heavy (non-hydrogen) atoms. The van der Waals surface area contributed by atoms with Crippen molar-refractivity contribution in [1.29, 1.82) is 0 Å². The largest absolute Gasteiger partial charge is 1.00 e. The van der Waals surface area contributed by atoms with Crippen LogP contribution in [0.5, 0.6) is 28.7 Å². The summed E-state index contributed by atoms with van der Waals surface area (Å²) < 4.78 is 70.8. The maximum atomic E-state index is 11.4. The van der Waals surface area contributed by atoms with E-state index in [1.165, 1.54) is 11.0 Å². The first-order valence-corrected chi connectivity index (χ1v) is 28.5. The van der Waals surface area contributed by atoms with Crippen molar-refractivity contribution in [2.45, 2.75) is 12.8 Å². The zero-order valence-corrected chi connectivity index (χ0v) is 50.9. The SMILES string of the molecule is C=POc1ccc(Oc2ccc(C=NN(C)P(=S)(Oc3ccc(CCN(CP(=O)([O-])O)CP(=O)([O-])O)cc3)Oc3ccc(CCN(CP(=O)([O-])O)CP(=O)([O-])O)cc3)cc2)cc1.[Na+].[Na+].[Na+].[Na+]. The van der Waals surface area contributed by atoms with E-state index < -0.39 is 62.2 Å². The Morgan fingerprint density at radius 3 is 1.24 bits per heavy atom. The normalized spacial score (nSPS) is 15.7. The van der Waals surface area contributed by atoms with Crippen LogP contribution in [-0.4, -0.2) is 91.9 Å². The Bertz CT molecular complexity index is 2230. The molecule has 0 bridgehead atoms. The smallest absolute Gasteiger partial charge is 0.778 e. The first-order chi connectivity index (χ1) is 28.9. The molecule has 0 radical (unpaired) electrons. The minimum absolute atomic E-state index is 0. The Labute approximate surface area is 478 Å². The Hall–Kier alpha value is 0.890. The van der Waals surface area contributed by atoms with Crippen molar-refractivity contribution in [2.75, 3.05) is 45.3 Å². The molecule has 0 aromatic heterocycles. The Morgan fingerprint density at radius 2 is 0.909 bits per heavy atom. The van der Waals surface area contributed by atoms with Crippen LogP contribution < -0.4 is 156 Å². The van der Waals surface area contributed by atoms with Crippen LogP contribution >= 0.6 is 45.5 Å². The molecule has 0 spiro atoms. The van der Waals surface area contributed by atoms with Crippen molar-refractivity contribution >= 4 is 69.8 Å². The number of nitrogens with zero attached hydrogens (tertiary/aromatic N) is 4. The number of hydrogen-bond acceptors (Lipinski definition) is 16. The molecule has 0 aliphatic heterocycles. The third-order valence-electron chi connectivity index (χ3n) is 8.07. The molecule has 0 fully saturated rings. The molecule has 4 rings (SSSR count). The number of rotatable bonds is 25. The van der Waals surface area contributed by atoms with Gasteiger partial charge in [0, 0.05) is 31.9 Å². The van der Waals surface area contributed by atoms with Crippen molar-refractivity contribution in [2.24, 2.45) is 5.10 Å². The van der Waals surface area contributed by atoms with Gasteiger partial charge in [-0.3, -0.25) is 9.80 Å². The summed E-state index contributed by atoms with van der Waals surface area (Å²) >= 11 is 5.98. The third kappa shape index (κ3) is 27.1. The quantitative estimate of drug-likeness (QED) is 0.0207. The van der Waals surface area contributed by atoms with E-state index in [9.17, 15) is 57.4 Å². The molecule has 4 aromatic carbocycles. The first-order valence-electron chi connectivity index (χ1n) is 17.9. The number of ether oxygens (including phenoxy) is 1. The molecule has 4 N–H and O–H groups in total. The van der Waals surface area contributed by atoms with Gasteiger partial charge in [0.25, 0.3) is 0 Å². The van der Waals surface area contributed by atoms with Crippen molar-refractivity contribution in [3.63, 3.8) is 0 Å². The van der Waals surface area contributed by atoms with E-state index in [0.717, 1.165) is 9.80 Å². The fourth-order valence-corrected chi connectivity index (χ4v) is 10.9. The van der Waals surface area contributed by atoms with Gasteiger partial charge >= 0.3 is 125 Å². The average molecular weight is 1080 g/mol. The van der Waals surface area contributed by atoms with Crippen molar-refractivity contribution in [3.05, 3.63) is 114 Å². The van der Waals surface area contributed by atoms with Gasteiger partial charge in [0.15, 0.2) is 0 Å². The third-order valence-corrected chi connectivity index (χ3v) is 14.3. The van der Waals surface area contributed by atoms with Crippen LogP contribution in [0.1, 0.15) is 16.7 Å². The van der Waals surface area contributed by atoms with Crippen LogP contribution in [0, 0.1) is 0 Å². The predicted molar refractivity (Wildman–Crippen MR) is 231 cm³/mol. The molecule has 0 amide bonds. The van der Waals surface area contributed by atoms with Gasteiger partial charge < -0.3 is 75.7 Å². The summed E-state index contributed by atoms with van der Waals surface area (Å²) in [5, 5.41) is 4.51. The molecule has 4 atom stereocenters. The van der Waals surface area contributed by atoms with Gasteiger partial charge in [-0.25, -0.2) is 4.78 Å². The molecule has 0 heterocycles. The average Bonchev–Trinajstić information content (AvgIpc) is 3.15. The molecule has 338 valence electrons. The van der Waals surface area contributed by atoms with Gasteiger partial charge in [-0.1, -0.05) is 24.3 Å². The van der Waals surface area contributed by atoms with Crippen molar-refractivity contribution < 1.29 is 194 Å². The second-order valence-corrected chi connectivity index (χ2v) is 23.4. The van der Waals surface area contributed by atoms with E-state index in [0.29, 0.717) is 42.4 Å². The van der Waals surface area contributed by atoms with Crippen LogP contribution in [0.3, 0.4) is 0 Å². The van der Waals surface area contributed by atoms with Gasteiger partial charge in [-0.15, -0.1) is 0 Å². The molecule has 4 aromatic rings. The Morgan fingerprint density at radius 1 is 0.591 bits per heavy atom. The van der Waals surface area contributed by atoms with Crippen LogP contribution in [0.2, 0.25) is 0 Å². The number of hydrogen-bond donors (Lipinski definition) is 4. The topological polar surface area (TPSA) is 300 Å². The van der Waals surface area contributed by atoms with E-state index in [-0.39, 0.29) is 156 Å². The number of hydrazone groups is 1. The standard InChI is InChI=1S/C35H46N4O16P6S.4Na/c1-37(36-23-30-7-9-31(10-8-30)52-32-15-17-33(18-16-32)53-56-2)61(62,54-34-11-3-28(4-12-34)19-21-38(24-57(40,41)42)25-58(43,44)45)55-35-13-5-29(6-14-35)20-22-39(26-59(46,47)48)27-60(49,50)51;;;;/h3-18,23H,2,19-22,24-27H2,1H3,(H2,40,41,42)(H2,43,44,45)(H2,46,47,48)(H2,49,50,51);;;;/q;4*+1/p-4. The van der Waals surface area contributed by atoms with E-state index in [4.69, 9.17) is 30.1 Å². The maximum absolute atomic E-state index is 11.4. The molecule has 0 aliphatic carbocycles. The monoisotopic (exact) mass is 1080 g/mol. The Balaban J connectivity index is 0.0000106. The fraction of sp³-hybridized carbons (Fsp3) is 0.257. The maximum Gasteiger partial charge on any atom is 1.00 e. The fourth-order valence-electron chi connectivity index (χ4n) is 5.41. The second kappa shape index (κ2) is 30.8. The van der Waals surface area contributed by atoms with Crippen LogP contribution in [0.25, 0.3) is 0 Å². The van der Waals surface area contributed by atoms with Gasteiger partial charge in [0.2, 0.25) is 0 Å². The molecule has 20 nitrogen and oxygen atoms in total. The van der Waals surface area contributed by atoms with E-state index in [1.54, 1.807) is 104 Å². The Kier molecular flexibility index (Phi) is 31.2. The van der Waals surface area contributed by atoms with E-state index in [2.05, 4.69) is 11.4 Å². The molecule has 0 aliphatic rings. The summed E-state index contributed by atoms with van der Waals surface area (Å²) in [6.45, 7) is -3.91. The summed E-state index contributed by atoms with van der Waals surface area (Å²) in [5.74, 6) is 2.25. The van der Waals surface area contributed by atoms with Gasteiger partial charge in [0.1, 0.15) is 67.6 Å². The minimum Gasteiger partial charge on any atom is -0.778 e. The van der Waals surface area contributed by atoms with Crippen molar-refractivity contribution in [1.82, 2.24) is 14.6 Å². The van der Waals surface area contributed by atoms with Gasteiger partial charge in [-0.05, 0) is 109 Å². The summed E-state index contributed by atoms with van der Waals surface area (Å²) in [6, 6.07) is 26.6. The zero-order valence-electron chi connectivity index (χ0n) is 36.7. The molecular weight excluding hydrogens is 1040 g/mol. The van der Waals surface area contributed by atoms with Gasteiger partial charge in [0.05, 0.1) is 31.4 Å². The number of benzene rings is 4. The summed E-state index contributed by atoms with van der Waals surface area (Å²) in [4.78, 5) is 84.5. The molecule has 31 heteroatoms. The van der Waals surface area contributed by atoms with E-state index >= 15 is 0 Å². The van der Waals surface area contributed by atoms with Gasteiger partial charge in [-0.2, -0.15) is 5.10 Å². The molecule has 0 saturated carbocycles. The summed E-state index contributed by atoms with van der Waals surface area (Å²) in [7, 11) is -17.5. The summed E-state index contributed by atoms with van der Waals surface area (Å²) in [6.07, 6.45) is 1.42.